The summed E-state index contributed by atoms with van der Waals surface area (Å²) in [6.07, 6.45) is 10.5. The van der Waals surface area contributed by atoms with Crippen molar-refractivity contribution in [1.29, 1.82) is 0 Å². The van der Waals surface area contributed by atoms with Gasteiger partial charge in [-0.1, -0.05) is 31.4 Å². The van der Waals surface area contributed by atoms with Crippen LogP contribution in [0.4, 0.5) is 0 Å². The van der Waals surface area contributed by atoms with Crippen molar-refractivity contribution in [1.82, 2.24) is 0 Å². The second-order valence-electron chi connectivity index (χ2n) is 5.85. The highest BCUT2D eigenvalue weighted by molar-refractivity contribution is 5.77. The van der Waals surface area contributed by atoms with E-state index in [0.717, 1.165) is 12.8 Å². The standard InChI is InChI=1S/C18H28O4/c1-3-8-16(9-4-2)22-18(20)13-12-17(19)21-14-15-10-6-5-7-11-15/h3-4,15-16H,1-2,5-14H2. The Bertz CT molecular complexity index is 359. The number of rotatable bonds is 10. The molecule has 4 heteroatoms. The SMILES string of the molecule is C=CCC(CC=C)OC(=O)CCC(=O)OCC1CCCCC1. The summed E-state index contributed by atoms with van der Waals surface area (Å²) in [7, 11) is 0. The van der Waals surface area contributed by atoms with E-state index in [1.54, 1.807) is 12.2 Å². The van der Waals surface area contributed by atoms with Crippen LogP contribution in [-0.2, 0) is 19.1 Å². The van der Waals surface area contributed by atoms with E-state index in [-0.39, 0.29) is 30.9 Å². The summed E-state index contributed by atoms with van der Waals surface area (Å²) in [5, 5.41) is 0. The largest absolute Gasteiger partial charge is 0.465 e. The fraction of sp³-hybridized carbons (Fsp3) is 0.667. The molecule has 0 unspecified atom stereocenters. The average molecular weight is 308 g/mol. The molecule has 0 amide bonds. The van der Waals surface area contributed by atoms with Gasteiger partial charge in [-0.05, 0) is 18.8 Å². The van der Waals surface area contributed by atoms with Crippen LogP contribution in [0, 0.1) is 5.92 Å². The third kappa shape index (κ3) is 8.01. The molecule has 4 nitrogen and oxygen atoms in total. The van der Waals surface area contributed by atoms with Crippen molar-refractivity contribution in [3.63, 3.8) is 0 Å². The summed E-state index contributed by atoms with van der Waals surface area (Å²) >= 11 is 0. The molecule has 1 rings (SSSR count). The maximum atomic E-state index is 11.7. The van der Waals surface area contributed by atoms with Gasteiger partial charge in [-0.15, -0.1) is 13.2 Å². The van der Waals surface area contributed by atoms with Gasteiger partial charge in [-0.3, -0.25) is 9.59 Å². The molecule has 0 aromatic rings. The van der Waals surface area contributed by atoms with Gasteiger partial charge >= 0.3 is 11.9 Å². The molecule has 0 heterocycles. The maximum absolute atomic E-state index is 11.7. The van der Waals surface area contributed by atoms with Crippen molar-refractivity contribution in [3.05, 3.63) is 25.3 Å². The lowest BCUT2D eigenvalue weighted by Crippen LogP contribution is -2.20. The molecular formula is C18H28O4. The topological polar surface area (TPSA) is 52.6 Å². The van der Waals surface area contributed by atoms with E-state index in [9.17, 15) is 9.59 Å². The zero-order valence-corrected chi connectivity index (χ0v) is 13.4. The second kappa shape index (κ2) is 11.0. The third-order valence-electron chi connectivity index (χ3n) is 3.90. The Labute approximate surface area is 133 Å². The quantitative estimate of drug-likeness (QED) is 0.453. The van der Waals surface area contributed by atoms with Crippen molar-refractivity contribution >= 4 is 11.9 Å². The van der Waals surface area contributed by atoms with E-state index < -0.39 is 0 Å². The molecule has 124 valence electrons. The van der Waals surface area contributed by atoms with E-state index in [1.165, 1.54) is 19.3 Å². The molecule has 0 bridgehead atoms. The fourth-order valence-electron chi connectivity index (χ4n) is 2.65. The van der Waals surface area contributed by atoms with Gasteiger partial charge in [0.15, 0.2) is 0 Å². The fourth-order valence-corrected chi connectivity index (χ4v) is 2.65. The predicted octanol–water partition coefficient (Wildman–Crippen LogP) is 3.95. The minimum atomic E-state index is -0.372. The summed E-state index contributed by atoms with van der Waals surface area (Å²) in [4.78, 5) is 23.4. The highest BCUT2D eigenvalue weighted by Crippen LogP contribution is 2.23. The molecule has 1 fully saturated rings. The molecule has 1 saturated carbocycles. The molecule has 1 aliphatic carbocycles. The van der Waals surface area contributed by atoms with E-state index in [1.807, 2.05) is 0 Å². The zero-order valence-electron chi connectivity index (χ0n) is 13.4. The van der Waals surface area contributed by atoms with Crippen molar-refractivity contribution in [2.24, 2.45) is 5.92 Å². The molecular weight excluding hydrogens is 280 g/mol. The summed E-state index contributed by atoms with van der Waals surface area (Å²) < 4.78 is 10.5. The lowest BCUT2D eigenvalue weighted by molar-refractivity contribution is -0.154. The Hall–Kier alpha value is -1.58. The maximum Gasteiger partial charge on any atom is 0.306 e. The molecule has 0 aromatic heterocycles. The first-order chi connectivity index (χ1) is 10.7. The van der Waals surface area contributed by atoms with Crippen molar-refractivity contribution in [2.75, 3.05) is 6.61 Å². The first kappa shape index (κ1) is 18.5. The Morgan fingerprint density at radius 1 is 1.00 bits per heavy atom. The van der Waals surface area contributed by atoms with Crippen molar-refractivity contribution in [3.8, 4) is 0 Å². The summed E-state index contributed by atoms with van der Waals surface area (Å²) in [6.45, 7) is 7.76. The lowest BCUT2D eigenvalue weighted by Gasteiger charge is -2.21. The molecule has 1 aliphatic rings. The van der Waals surface area contributed by atoms with Crippen molar-refractivity contribution in [2.45, 2.75) is 63.9 Å². The molecule has 0 saturated heterocycles. The van der Waals surface area contributed by atoms with Gasteiger partial charge in [0.1, 0.15) is 6.10 Å². The van der Waals surface area contributed by atoms with E-state index in [2.05, 4.69) is 13.2 Å². The molecule has 0 aliphatic heterocycles. The lowest BCUT2D eigenvalue weighted by atomic mass is 9.90. The van der Waals surface area contributed by atoms with E-state index in [0.29, 0.717) is 25.4 Å². The average Bonchev–Trinajstić information content (AvgIpc) is 2.52. The van der Waals surface area contributed by atoms with E-state index in [4.69, 9.17) is 9.47 Å². The van der Waals surface area contributed by atoms with Crippen LogP contribution in [0.3, 0.4) is 0 Å². The highest BCUT2D eigenvalue weighted by Gasteiger charge is 2.17. The summed E-state index contributed by atoms with van der Waals surface area (Å²) in [5.74, 6) is -0.191. The molecule has 0 spiro atoms. The Kier molecular flexibility index (Phi) is 9.28. The number of hydrogen-bond donors (Lipinski definition) is 0. The second-order valence-corrected chi connectivity index (χ2v) is 5.85. The van der Waals surface area contributed by atoms with Crippen LogP contribution in [0.5, 0.6) is 0 Å². The number of esters is 2. The predicted molar refractivity (Wildman–Crippen MR) is 86.3 cm³/mol. The van der Waals surface area contributed by atoms with Gasteiger partial charge < -0.3 is 9.47 Å². The van der Waals surface area contributed by atoms with E-state index >= 15 is 0 Å². The number of ether oxygens (including phenoxy) is 2. The van der Waals surface area contributed by atoms with Crippen LogP contribution >= 0.6 is 0 Å². The smallest absolute Gasteiger partial charge is 0.306 e. The summed E-state index contributed by atoms with van der Waals surface area (Å²) in [5.41, 5.74) is 0. The van der Waals surface area contributed by atoms with Crippen LogP contribution in [0.25, 0.3) is 0 Å². The van der Waals surface area contributed by atoms with Gasteiger partial charge in [0, 0.05) is 12.8 Å². The Morgan fingerprint density at radius 3 is 2.18 bits per heavy atom. The van der Waals surface area contributed by atoms with Crippen LogP contribution in [0.15, 0.2) is 25.3 Å². The molecule has 0 aromatic carbocycles. The van der Waals surface area contributed by atoms with Crippen LogP contribution < -0.4 is 0 Å². The van der Waals surface area contributed by atoms with Crippen molar-refractivity contribution < 1.29 is 19.1 Å². The van der Waals surface area contributed by atoms with Gasteiger partial charge in [-0.25, -0.2) is 0 Å². The minimum absolute atomic E-state index is 0.0638. The normalized spacial score (nSPS) is 15.3. The summed E-state index contributed by atoms with van der Waals surface area (Å²) in [6, 6.07) is 0. The number of hydrogen-bond acceptors (Lipinski definition) is 4. The Morgan fingerprint density at radius 2 is 1.59 bits per heavy atom. The van der Waals surface area contributed by atoms with Crippen LogP contribution in [0.1, 0.15) is 57.8 Å². The number of carbonyl (C=O) groups is 2. The molecule has 0 radical (unpaired) electrons. The van der Waals surface area contributed by atoms with Gasteiger partial charge in [-0.2, -0.15) is 0 Å². The molecule has 22 heavy (non-hydrogen) atoms. The molecule has 0 N–H and O–H groups in total. The first-order valence-corrected chi connectivity index (χ1v) is 8.22. The Balaban J connectivity index is 2.17. The van der Waals surface area contributed by atoms with Gasteiger partial charge in [0.25, 0.3) is 0 Å². The van der Waals surface area contributed by atoms with Gasteiger partial charge in [0.2, 0.25) is 0 Å². The van der Waals surface area contributed by atoms with Crippen LogP contribution in [0.2, 0.25) is 0 Å². The number of carbonyl (C=O) groups excluding carboxylic acids is 2. The monoisotopic (exact) mass is 308 g/mol. The minimum Gasteiger partial charge on any atom is -0.465 e. The third-order valence-corrected chi connectivity index (χ3v) is 3.90. The first-order valence-electron chi connectivity index (χ1n) is 8.22. The molecule has 0 atom stereocenters. The zero-order chi connectivity index (χ0) is 16.2. The van der Waals surface area contributed by atoms with Gasteiger partial charge in [0.05, 0.1) is 19.4 Å². The highest BCUT2D eigenvalue weighted by atomic mass is 16.5. The van der Waals surface area contributed by atoms with Crippen LogP contribution in [-0.4, -0.2) is 24.6 Å².